The third-order valence-electron chi connectivity index (χ3n) is 5.34. The number of thiocarbonyl (C=S) groups is 1. The minimum Gasteiger partial charge on any atom is -0.489 e. The van der Waals surface area contributed by atoms with E-state index in [1.807, 2.05) is 78.9 Å². The Kier molecular flexibility index (Phi) is 8.76. The molecule has 0 radical (unpaired) electrons. The molecule has 1 aliphatic rings. The van der Waals surface area contributed by atoms with Crippen molar-refractivity contribution in [1.29, 1.82) is 0 Å². The van der Waals surface area contributed by atoms with E-state index < -0.39 is 5.97 Å². The Bertz CT molecular complexity index is 1200. The summed E-state index contributed by atoms with van der Waals surface area (Å²) in [6, 6.07) is 25.3. The molecule has 0 unspecified atom stereocenters. The number of benzene rings is 3. The van der Waals surface area contributed by atoms with Crippen LogP contribution in [0.25, 0.3) is 6.08 Å². The molecule has 1 saturated heterocycles. The van der Waals surface area contributed by atoms with Crippen molar-refractivity contribution in [2.75, 3.05) is 6.54 Å². The smallest absolute Gasteiger partial charge is 0.303 e. The molecule has 6 nitrogen and oxygen atoms in total. The van der Waals surface area contributed by atoms with E-state index in [0.29, 0.717) is 40.4 Å². The first-order valence-electron chi connectivity index (χ1n) is 11.4. The monoisotopic (exact) mass is 519 g/mol. The number of aliphatic carboxylic acids is 1. The molecule has 36 heavy (non-hydrogen) atoms. The van der Waals surface area contributed by atoms with Crippen LogP contribution in [-0.2, 0) is 22.8 Å². The van der Waals surface area contributed by atoms with Gasteiger partial charge in [0, 0.05) is 19.0 Å². The molecule has 1 amide bonds. The first-order chi connectivity index (χ1) is 17.5. The molecule has 0 aromatic heterocycles. The minimum atomic E-state index is -0.897. The summed E-state index contributed by atoms with van der Waals surface area (Å²) < 4.78 is 12.5. The van der Waals surface area contributed by atoms with Crippen LogP contribution in [0.2, 0.25) is 0 Å². The highest BCUT2D eigenvalue weighted by molar-refractivity contribution is 8.26. The molecule has 1 N–H and O–H groups in total. The predicted molar refractivity (Wildman–Crippen MR) is 145 cm³/mol. The lowest BCUT2D eigenvalue weighted by Crippen LogP contribution is -2.29. The number of amides is 1. The lowest BCUT2D eigenvalue weighted by Gasteiger charge is -2.13. The first kappa shape index (κ1) is 25.5. The number of ether oxygens (including phenoxy) is 2. The third kappa shape index (κ3) is 7.19. The zero-order valence-corrected chi connectivity index (χ0v) is 21.1. The highest BCUT2D eigenvalue weighted by Crippen LogP contribution is 2.34. The van der Waals surface area contributed by atoms with Gasteiger partial charge in [-0.05, 0) is 41.3 Å². The van der Waals surface area contributed by atoms with Crippen LogP contribution in [0.5, 0.6) is 11.5 Å². The van der Waals surface area contributed by atoms with Crippen molar-refractivity contribution in [2.45, 2.75) is 26.1 Å². The molecule has 1 aliphatic heterocycles. The number of hydrogen-bond donors (Lipinski definition) is 1. The van der Waals surface area contributed by atoms with Crippen LogP contribution >= 0.6 is 24.0 Å². The standard InChI is InChI=1S/C28H25NO5S2/c30-26(31)12-7-13-29-27(32)25(36-28(29)35)16-22-14-23(33-18-20-8-3-1-4-9-20)17-24(15-22)34-19-21-10-5-2-6-11-21/h1-6,8-11,14-17H,7,12-13,18-19H2,(H,30,31). The van der Waals surface area contributed by atoms with Gasteiger partial charge in [-0.25, -0.2) is 0 Å². The number of carboxylic acid groups (broad SMARTS) is 1. The Morgan fingerprint density at radius 1 is 0.917 bits per heavy atom. The van der Waals surface area contributed by atoms with Crippen molar-refractivity contribution in [1.82, 2.24) is 4.90 Å². The number of thioether (sulfide) groups is 1. The number of carboxylic acids is 1. The van der Waals surface area contributed by atoms with Crippen molar-refractivity contribution < 1.29 is 24.2 Å². The van der Waals surface area contributed by atoms with E-state index in [-0.39, 0.29) is 18.9 Å². The zero-order chi connectivity index (χ0) is 25.3. The number of carbonyl (C=O) groups excluding carboxylic acids is 1. The lowest BCUT2D eigenvalue weighted by atomic mass is 10.1. The van der Waals surface area contributed by atoms with Crippen LogP contribution in [0.4, 0.5) is 0 Å². The first-order valence-corrected chi connectivity index (χ1v) is 12.7. The van der Waals surface area contributed by atoms with E-state index in [0.717, 1.165) is 16.7 Å². The van der Waals surface area contributed by atoms with E-state index in [2.05, 4.69) is 0 Å². The molecule has 184 valence electrons. The van der Waals surface area contributed by atoms with Crippen molar-refractivity contribution in [3.63, 3.8) is 0 Å². The van der Waals surface area contributed by atoms with Gasteiger partial charge in [-0.2, -0.15) is 0 Å². The van der Waals surface area contributed by atoms with Crippen LogP contribution in [0.1, 0.15) is 29.5 Å². The molecule has 8 heteroatoms. The van der Waals surface area contributed by atoms with Gasteiger partial charge < -0.3 is 14.6 Å². The molecule has 0 aliphatic carbocycles. The van der Waals surface area contributed by atoms with E-state index >= 15 is 0 Å². The highest BCUT2D eigenvalue weighted by atomic mass is 32.2. The molecule has 0 spiro atoms. The molecular formula is C28H25NO5S2. The summed E-state index contributed by atoms with van der Waals surface area (Å²) in [5.41, 5.74) is 2.82. The van der Waals surface area contributed by atoms with Crippen LogP contribution in [0.3, 0.4) is 0 Å². The second-order valence-electron chi connectivity index (χ2n) is 8.12. The second-order valence-corrected chi connectivity index (χ2v) is 9.79. The molecular weight excluding hydrogens is 494 g/mol. The summed E-state index contributed by atoms with van der Waals surface area (Å²) in [5, 5.41) is 8.87. The Morgan fingerprint density at radius 3 is 2.00 bits per heavy atom. The summed E-state index contributed by atoms with van der Waals surface area (Å²) in [4.78, 5) is 25.7. The Labute approximate surface area is 219 Å². The third-order valence-corrected chi connectivity index (χ3v) is 6.72. The maximum absolute atomic E-state index is 12.9. The van der Waals surface area contributed by atoms with E-state index in [1.165, 1.54) is 16.7 Å². The molecule has 1 heterocycles. The fourth-order valence-corrected chi connectivity index (χ4v) is 4.87. The summed E-state index contributed by atoms with van der Waals surface area (Å²) in [7, 11) is 0. The summed E-state index contributed by atoms with van der Waals surface area (Å²) in [6.45, 7) is 1.07. The van der Waals surface area contributed by atoms with Gasteiger partial charge in [0.2, 0.25) is 0 Å². The van der Waals surface area contributed by atoms with Gasteiger partial charge in [-0.15, -0.1) is 0 Å². The lowest BCUT2D eigenvalue weighted by molar-refractivity contribution is -0.137. The zero-order valence-electron chi connectivity index (χ0n) is 19.5. The summed E-state index contributed by atoms with van der Waals surface area (Å²) >= 11 is 6.57. The summed E-state index contributed by atoms with van der Waals surface area (Å²) in [6.07, 6.45) is 2.09. The van der Waals surface area contributed by atoms with E-state index in [4.69, 9.17) is 26.8 Å². The quantitative estimate of drug-likeness (QED) is 0.249. The van der Waals surface area contributed by atoms with Crippen LogP contribution in [-0.4, -0.2) is 32.7 Å². The van der Waals surface area contributed by atoms with Crippen molar-refractivity contribution in [2.24, 2.45) is 0 Å². The molecule has 0 atom stereocenters. The number of rotatable bonds is 11. The molecule has 0 saturated carbocycles. The Morgan fingerprint density at radius 2 is 1.47 bits per heavy atom. The Hall–Kier alpha value is -3.62. The molecule has 4 rings (SSSR count). The van der Waals surface area contributed by atoms with Crippen LogP contribution < -0.4 is 9.47 Å². The maximum atomic E-state index is 12.9. The van der Waals surface area contributed by atoms with Gasteiger partial charge in [0.1, 0.15) is 29.0 Å². The largest absolute Gasteiger partial charge is 0.489 e. The Balaban J connectivity index is 1.53. The second kappa shape index (κ2) is 12.4. The van der Waals surface area contributed by atoms with Gasteiger partial charge in [0.05, 0.1) is 4.91 Å². The van der Waals surface area contributed by atoms with E-state index in [1.54, 1.807) is 6.08 Å². The van der Waals surface area contributed by atoms with Crippen molar-refractivity contribution in [3.05, 3.63) is 100 Å². The van der Waals surface area contributed by atoms with Gasteiger partial charge in [-0.1, -0.05) is 84.6 Å². The van der Waals surface area contributed by atoms with Crippen LogP contribution in [0.15, 0.2) is 83.8 Å². The fraction of sp³-hybridized carbons (Fsp3) is 0.179. The number of hydrogen-bond acceptors (Lipinski definition) is 6. The average Bonchev–Trinajstić information content (AvgIpc) is 3.14. The van der Waals surface area contributed by atoms with Crippen molar-refractivity contribution >= 4 is 46.3 Å². The SMILES string of the molecule is O=C(O)CCCN1C(=O)C(=Cc2cc(OCc3ccccc3)cc(OCc3ccccc3)c2)SC1=S. The van der Waals surface area contributed by atoms with Gasteiger partial charge in [-0.3, -0.25) is 14.5 Å². The fourth-order valence-electron chi connectivity index (χ4n) is 3.56. The predicted octanol–water partition coefficient (Wildman–Crippen LogP) is 5.91. The minimum absolute atomic E-state index is 0.0149. The maximum Gasteiger partial charge on any atom is 0.303 e. The molecule has 3 aromatic rings. The van der Waals surface area contributed by atoms with E-state index in [9.17, 15) is 9.59 Å². The number of carbonyl (C=O) groups is 2. The molecule has 1 fully saturated rings. The molecule has 3 aromatic carbocycles. The van der Waals surface area contributed by atoms with Crippen molar-refractivity contribution in [3.8, 4) is 11.5 Å². The van der Waals surface area contributed by atoms with Gasteiger partial charge >= 0.3 is 5.97 Å². The number of nitrogens with zero attached hydrogens (tertiary/aromatic N) is 1. The normalized spacial score (nSPS) is 14.3. The summed E-state index contributed by atoms with van der Waals surface area (Å²) in [5.74, 6) is 0.115. The average molecular weight is 520 g/mol. The molecule has 0 bridgehead atoms. The van der Waals surface area contributed by atoms with Crippen LogP contribution in [0, 0.1) is 0 Å². The van der Waals surface area contributed by atoms with Gasteiger partial charge in [0.15, 0.2) is 0 Å². The topological polar surface area (TPSA) is 76.1 Å². The highest BCUT2D eigenvalue weighted by Gasteiger charge is 2.31. The van der Waals surface area contributed by atoms with Gasteiger partial charge in [0.25, 0.3) is 5.91 Å².